The Kier molecular flexibility index (Phi) is 6.21. The van der Waals surface area contributed by atoms with Crippen LogP contribution in [-0.2, 0) is 0 Å². The molecule has 3 aromatic rings. The van der Waals surface area contributed by atoms with Crippen molar-refractivity contribution in [1.29, 1.82) is 0 Å². The maximum atomic E-state index is 6.21. The van der Waals surface area contributed by atoms with Gasteiger partial charge >= 0.3 is 0 Å². The highest BCUT2D eigenvalue weighted by atomic mass is 35.5. The van der Waals surface area contributed by atoms with Gasteiger partial charge in [-0.05, 0) is 56.3 Å². The lowest BCUT2D eigenvalue weighted by Gasteiger charge is -2.13. The molecule has 7 heteroatoms. The summed E-state index contributed by atoms with van der Waals surface area (Å²) < 4.78 is 16.2. The van der Waals surface area contributed by atoms with Crippen LogP contribution in [0.3, 0.4) is 0 Å². The van der Waals surface area contributed by atoms with Crippen molar-refractivity contribution < 1.29 is 14.2 Å². The number of benzene rings is 2. The van der Waals surface area contributed by atoms with Gasteiger partial charge in [0.1, 0.15) is 11.5 Å². The summed E-state index contributed by atoms with van der Waals surface area (Å²) in [6.07, 6.45) is -0.0121. The third-order valence-corrected chi connectivity index (χ3v) is 4.15. The summed E-state index contributed by atoms with van der Waals surface area (Å²) in [5.74, 6) is 2.27. The van der Waals surface area contributed by atoms with Gasteiger partial charge in [0.2, 0.25) is 11.8 Å². The summed E-state index contributed by atoms with van der Waals surface area (Å²) in [7, 11) is 3.21. The van der Waals surface area contributed by atoms with Gasteiger partial charge in [-0.2, -0.15) is 4.98 Å². The molecule has 0 amide bonds. The van der Waals surface area contributed by atoms with Crippen LogP contribution in [-0.4, -0.2) is 30.3 Å². The van der Waals surface area contributed by atoms with Gasteiger partial charge in [0.15, 0.2) is 0 Å². The highest BCUT2D eigenvalue weighted by Crippen LogP contribution is 2.30. The van der Waals surface area contributed by atoms with E-state index in [1.807, 2.05) is 50.2 Å². The van der Waals surface area contributed by atoms with Gasteiger partial charge in [-0.3, -0.25) is 0 Å². The Bertz CT molecular complexity index is 946. The number of methoxy groups -OCH3 is 2. The number of nitrogens with zero attached hydrogens (tertiary/aromatic N) is 2. The van der Waals surface area contributed by atoms with E-state index in [9.17, 15) is 0 Å². The van der Waals surface area contributed by atoms with Crippen LogP contribution in [0.5, 0.6) is 17.4 Å². The number of hydrogen-bond donors (Lipinski definition) is 1. The van der Waals surface area contributed by atoms with E-state index in [2.05, 4.69) is 15.3 Å². The van der Waals surface area contributed by atoms with Gasteiger partial charge in [-0.1, -0.05) is 11.6 Å². The summed E-state index contributed by atoms with van der Waals surface area (Å²) in [5.41, 5.74) is 2.40. The average molecular weight is 400 g/mol. The van der Waals surface area contributed by atoms with Crippen molar-refractivity contribution in [3.63, 3.8) is 0 Å². The van der Waals surface area contributed by atoms with E-state index in [1.165, 1.54) is 0 Å². The van der Waals surface area contributed by atoms with Crippen LogP contribution in [0.15, 0.2) is 48.5 Å². The fourth-order valence-corrected chi connectivity index (χ4v) is 2.82. The molecule has 3 rings (SSSR count). The topological polar surface area (TPSA) is 65.5 Å². The molecule has 0 aliphatic carbocycles. The Morgan fingerprint density at radius 1 is 0.929 bits per heavy atom. The predicted octanol–water partition coefficient (Wildman–Crippen LogP) is 5.35. The zero-order valence-corrected chi connectivity index (χ0v) is 16.9. The highest BCUT2D eigenvalue weighted by molar-refractivity contribution is 6.32. The van der Waals surface area contributed by atoms with E-state index in [4.69, 9.17) is 25.8 Å². The summed E-state index contributed by atoms with van der Waals surface area (Å²) in [4.78, 5) is 9.07. The Balaban J connectivity index is 1.96. The largest absolute Gasteiger partial charge is 0.497 e. The lowest BCUT2D eigenvalue weighted by Crippen LogP contribution is -2.09. The van der Waals surface area contributed by atoms with Crippen molar-refractivity contribution in [1.82, 2.24) is 9.97 Å². The first-order valence-electron chi connectivity index (χ1n) is 8.79. The maximum absolute atomic E-state index is 6.21. The normalized spacial score (nSPS) is 10.6. The van der Waals surface area contributed by atoms with E-state index in [-0.39, 0.29) is 6.10 Å². The molecule has 2 aromatic carbocycles. The standard InChI is InChI=1S/C21H22ClN3O3/c1-13(2)28-20-12-18(14-5-8-16(26-3)9-6-14)24-21(25-20)23-15-7-10-19(27-4)17(22)11-15/h5-13H,1-4H3,(H,23,24,25). The molecule has 0 aliphatic heterocycles. The molecule has 0 saturated carbocycles. The minimum absolute atomic E-state index is 0.0121. The number of nitrogens with one attached hydrogen (secondary N) is 1. The minimum Gasteiger partial charge on any atom is -0.497 e. The minimum atomic E-state index is -0.0121. The zero-order chi connectivity index (χ0) is 20.1. The van der Waals surface area contributed by atoms with Gasteiger partial charge in [0, 0.05) is 17.3 Å². The Morgan fingerprint density at radius 3 is 2.29 bits per heavy atom. The molecule has 0 radical (unpaired) electrons. The first-order chi connectivity index (χ1) is 13.5. The van der Waals surface area contributed by atoms with Crippen molar-refractivity contribution in [3.05, 3.63) is 53.6 Å². The quantitative estimate of drug-likeness (QED) is 0.578. The molecule has 1 N–H and O–H groups in total. The fourth-order valence-electron chi connectivity index (χ4n) is 2.57. The van der Waals surface area contributed by atoms with Crippen LogP contribution in [0, 0.1) is 0 Å². The molecular formula is C21H22ClN3O3. The lowest BCUT2D eigenvalue weighted by molar-refractivity contribution is 0.233. The molecule has 1 aromatic heterocycles. The molecule has 0 saturated heterocycles. The molecule has 1 heterocycles. The van der Waals surface area contributed by atoms with E-state index in [1.54, 1.807) is 26.4 Å². The smallest absolute Gasteiger partial charge is 0.231 e. The van der Waals surface area contributed by atoms with E-state index >= 15 is 0 Å². The number of ether oxygens (including phenoxy) is 3. The van der Waals surface area contributed by atoms with Crippen LogP contribution >= 0.6 is 11.6 Å². The van der Waals surface area contributed by atoms with Crippen LogP contribution in [0.2, 0.25) is 5.02 Å². The molecule has 0 fully saturated rings. The second-order valence-electron chi connectivity index (χ2n) is 6.28. The fraction of sp³-hybridized carbons (Fsp3) is 0.238. The number of hydrogen-bond acceptors (Lipinski definition) is 6. The first kappa shape index (κ1) is 19.8. The molecule has 28 heavy (non-hydrogen) atoms. The molecule has 146 valence electrons. The summed E-state index contributed by atoms with van der Waals surface area (Å²) in [6, 6.07) is 14.8. The van der Waals surface area contributed by atoms with E-state index in [0.29, 0.717) is 22.6 Å². The van der Waals surface area contributed by atoms with Crippen molar-refractivity contribution in [3.8, 4) is 28.6 Å². The molecule has 0 bridgehead atoms. The average Bonchev–Trinajstić information content (AvgIpc) is 2.67. The Hall–Kier alpha value is -2.99. The number of anilines is 2. The summed E-state index contributed by atoms with van der Waals surface area (Å²) in [6.45, 7) is 3.90. The van der Waals surface area contributed by atoms with Crippen molar-refractivity contribution >= 4 is 23.2 Å². The van der Waals surface area contributed by atoms with Crippen molar-refractivity contribution in [2.24, 2.45) is 0 Å². The van der Waals surface area contributed by atoms with Gasteiger partial charge in [0.25, 0.3) is 0 Å². The summed E-state index contributed by atoms with van der Waals surface area (Å²) in [5, 5.41) is 3.67. The van der Waals surface area contributed by atoms with Crippen LogP contribution in [0.4, 0.5) is 11.6 Å². The third kappa shape index (κ3) is 4.84. The zero-order valence-electron chi connectivity index (χ0n) is 16.2. The monoisotopic (exact) mass is 399 g/mol. The molecule has 0 unspecified atom stereocenters. The Labute approximate surface area is 169 Å². The summed E-state index contributed by atoms with van der Waals surface area (Å²) >= 11 is 6.21. The molecule has 0 atom stereocenters. The first-order valence-corrected chi connectivity index (χ1v) is 9.17. The SMILES string of the molecule is COc1ccc(-c2cc(OC(C)C)nc(Nc3ccc(OC)c(Cl)c3)n2)cc1. The van der Waals surface area contributed by atoms with Gasteiger partial charge in [-0.25, -0.2) is 4.98 Å². The molecule has 0 aliphatic rings. The number of aromatic nitrogens is 2. The maximum Gasteiger partial charge on any atom is 0.231 e. The second-order valence-corrected chi connectivity index (χ2v) is 6.69. The number of rotatable bonds is 7. The Morgan fingerprint density at radius 2 is 1.68 bits per heavy atom. The van der Waals surface area contributed by atoms with Crippen molar-refractivity contribution in [2.75, 3.05) is 19.5 Å². The predicted molar refractivity (Wildman–Crippen MR) is 111 cm³/mol. The highest BCUT2D eigenvalue weighted by Gasteiger charge is 2.11. The van der Waals surface area contributed by atoms with Crippen LogP contribution in [0.25, 0.3) is 11.3 Å². The molecule has 0 spiro atoms. The van der Waals surface area contributed by atoms with Gasteiger partial charge < -0.3 is 19.5 Å². The van der Waals surface area contributed by atoms with E-state index in [0.717, 1.165) is 22.7 Å². The van der Waals surface area contributed by atoms with E-state index < -0.39 is 0 Å². The lowest BCUT2D eigenvalue weighted by atomic mass is 10.1. The molecule has 6 nitrogen and oxygen atoms in total. The number of halogens is 1. The van der Waals surface area contributed by atoms with Gasteiger partial charge in [0.05, 0.1) is 31.0 Å². The van der Waals surface area contributed by atoms with Crippen LogP contribution in [0.1, 0.15) is 13.8 Å². The molecular weight excluding hydrogens is 378 g/mol. The third-order valence-electron chi connectivity index (χ3n) is 3.85. The second kappa shape index (κ2) is 8.80. The van der Waals surface area contributed by atoms with Crippen LogP contribution < -0.4 is 19.5 Å². The van der Waals surface area contributed by atoms with Gasteiger partial charge in [-0.15, -0.1) is 0 Å². The van der Waals surface area contributed by atoms with Crippen molar-refractivity contribution in [2.45, 2.75) is 20.0 Å².